The Morgan fingerprint density at radius 1 is 0.630 bits per heavy atom. The molecule has 0 saturated carbocycles. The van der Waals surface area contributed by atoms with E-state index in [0.29, 0.717) is 15.3 Å². The second kappa shape index (κ2) is 6.55. The van der Waals surface area contributed by atoms with Crippen molar-refractivity contribution in [2.45, 2.75) is 0 Å². The monoisotopic (exact) mass is 478 g/mol. The Bertz CT molecular complexity index is 1280. The highest BCUT2D eigenvalue weighted by molar-refractivity contribution is 9.11. The fraction of sp³-hybridized carbons (Fsp3) is 0. The number of halogens is 2. The SMILES string of the molecule is Brc1nc(Br)nc(-c2cccc3c4ccccc4n(-c4ccccc4)c23)n1. The lowest BCUT2D eigenvalue weighted by atomic mass is 10.1. The Morgan fingerprint density at radius 2 is 1.30 bits per heavy atom. The van der Waals surface area contributed by atoms with Crippen LogP contribution in [0.1, 0.15) is 0 Å². The number of aromatic nitrogens is 4. The molecule has 130 valence electrons. The van der Waals surface area contributed by atoms with E-state index in [-0.39, 0.29) is 0 Å². The Morgan fingerprint density at radius 3 is 2.07 bits per heavy atom. The van der Waals surface area contributed by atoms with Crippen molar-refractivity contribution in [2.75, 3.05) is 0 Å². The van der Waals surface area contributed by atoms with Crippen molar-refractivity contribution < 1.29 is 0 Å². The zero-order chi connectivity index (χ0) is 18.4. The summed E-state index contributed by atoms with van der Waals surface area (Å²) in [6.07, 6.45) is 0. The number of hydrogen-bond donors (Lipinski definition) is 0. The van der Waals surface area contributed by atoms with Crippen LogP contribution >= 0.6 is 31.9 Å². The number of fused-ring (bicyclic) bond motifs is 3. The number of benzene rings is 3. The summed E-state index contributed by atoms with van der Waals surface area (Å²) < 4.78 is 3.27. The predicted molar refractivity (Wildman–Crippen MR) is 115 cm³/mol. The summed E-state index contributed by atoms with van der Waals surface area (Å²) in [5.74, 6) is 0.620. The highest BCUT2D eigenvalue weighted by atomic mass is 79.9. The van der Waals surface area contributed by atoms with Crippen LogP contribution in [0.2, 0.25) is 0 Å². The minimum Gasteiger partial charge on any atom is -0.309 e. The molecule has 0 spiro atoms. The largest absolute Gasteiger partial charge is 0.309 e. The molecular weight excluding hydrogens is 468 g/mol. The summed E-state index contributed by atoms with van der Waals surface area (Å²) in [4.78, 5) is 13.2. The first-order valence-electron chi connectivity index (χ1n) is 8.37. The summed E-state index contributed by atoms with van der Waals surface area (Å²) in [5, 5.41) is 2.37. The molecule has 0 aliphatic rings. The zero-order valence-corrected chi connectivity index (χ0v) is 17.1. The van der Waals surface area contributed by atoms with E-state index < -0.39 is 0 Å². The summed E-state index contributed by atoms with van der Waals surface area (Å²) in [7, 11) is 0. The van der Waals surface area contributed by atoms with Crippen LogP contribution in [0.15, 0.2) is 82.3 Å². The molecular formula is C21H12Br2N4. The van der Waals surface area contributed by atoms with Crippen LogP contribution in [0.25, 0.3) is 38.9 Å². The molecule has 0 amide bonds. The third kappa shape index (κ3) is 2.76. The van der Waals surface area contributed by atoms with Crippen molar-refractivity contribution in [1.82, 2.24) is 19.5 Å². The van der Waals surface area contributed by atoms with E-state index in [1.54, 1.807) is 0 Å². The number of nitrogens with zero attached hydrogens (tertiary/aromatic N) is 4. The molecule has 27 heavy (non-hydrogen) atoms. The molecule has 0 fully saturated rings. The van der Waals surface area contributed by atoms with Gasteiger partial charge in [-0.05, 0) is 56.1 Å². The topological polar surface area (TPSA) is 43.6 Å². The maximum atomic E-state index is 4.51. The van der Waals surface area contributed by atoms with E-state index in [1.165, 1.54) is 10.8 Å². The van der Waals surface area contributed by atoms with Crippen molar-refractivity contribution in [2.24, 2.45) is 0 Å². The average Bonchev–Trinajstić information content (AvgIpc) is 3.02. The van der Waals surface area contributed by atoms with Crippen LogP contribution < -0.4 is 0 Å². The zero-order valence-electron chi connectivity index (χ0n) is 14.0. The van der Waals surface area contributed by atoms with Crippen LogP contribution in [0.4, 0.5) is 0 Å². The van der Waals surface area contributed by atoms with Gasteiger partial charge < -0.3 is 4.57 Å². The van der Waals surface area contributed by atoms with Crippen molar-refractivity contribution in [3.63, 3.8) is 0 Å². The summed E-state index contributed by atoms with van der Waals surface area (Å²) in [5.41, 5.74) is 4.29. The molecule has 2 aromatic heterocycles. The molecule has 0 unspecified atom stereocenters. The second-order valence-corrected chi connectivity index (χ2v) is 7.51. The van der Waals surface area contributed by atoms with Gasteiger partial charge in [0.15, 0.2) is 5.82 Å². The Hall–Kier alpha value is -2.57. The van der Waals surface area contributed by atoms with E-state index in [4.69, 9.17) is 0 Å². The lowest BCUT2D eigenvalue weighted by Crippen LogP contribution is -1.98. The summed E-state index contributed by atoms with van der Waals surface area (Å²) >= 11 is 6.75. The minimum atomic E-state index is 0.499. The molecule has 3 aromatic carbocycles. The fourth-order valence-electron chi connectivity index (χ4n) is 3.49. The smallest absolute Gasteiger partial charge is 0.201 e. The molecule has 6 heteroatoms. The quantitative estimate of drug-likeness (QED) is 0.304. The predicted octanol–water partition coefficient (Wildman–Crippen LogP) is 6.16. The molecule has 4 nitrogen and oxygen atoms in total. The van der Waals surface area contributed by atoms with E-state index >= 15 is 0 Å². The summed E-state index contributed by atoms with van der Waals surface area (Å²) in [6, 6.07) is 25.0. The molecule has 0 bridgehead atoms. The van der Waals surface area contributed by atoms with Gasteiger partial charge in [0.1, 0.15) is 0 Å². The normalized spacial score (nSPS) is 11.3. The van der Waals surface area contributed by atoms with E-state index in [0.717, 1.165) is 22.3 Å². The highest BCUT2D eigenvalue weighted by Crippen LogP contribution is 2.37. The molecule has 0 N–H and O–H groups in total. The maximum absolute atomic E-state index is 4.51. The Labute approximate surface area is 172 Å². The van der Waals surface area contributed by atoms with Crippen LogP contribution in [-0.2, 0) is 0 Å². The van der Waals surface area contributed by atoms with Gasteiger partial charge in [0, 0.05) is 22.0 Å². The van der Waals surface area contributed by atoms with Gasteiger partial charge in [-0.3, -0.25) is 0 Å². The van der Waals surface area contributed by atoms with Gasteiger partial charge in [-0.15, -0.1) is 0 Å². The average molecular weight is 480 g/mol. The first kappa shape index (κ1) is 16.6. The Kier molecular flexibility index (Phi) is 4.02. The van der Waals surface area contributed by atoms with Crippen LogP contribution in [-0.4, -0.2) is 19.5 Å². The highest BCUT2D eigenvalue weighted by Gasteiger charge is 2.18. The van der Waals surface area contributed by atoms with Crippen LogP contribution in [0, 0.1) is 0 Å². The van der Waals surface area contributed by atoms with E-state index in [1.807, 2.05) is 12.1 Å². The summed E-state index contributed by atoms with van der Waals surface area (Å²) in [6.45, 7) is 0. The lowest BCUT2D eigenvalue weighted by molar-refractivity contribution is 0.984. The van der Waals surface area contributed by atoms with Crippen molar-refractivity contribution in [3.8, 4) is 17.1 Å². The third-order valence-corrected chi connectivity index (χ3v) is 5.24. The standard InChI is InChI=1S/C21H12Br2N4/c22-20-24-19(25-21(23)26-20)16-11-6-10-15-14-9-4-5-12-17(14)27(18(15)16)13-7-2-1-3-8-13/h1-12H. The lowest BCUT2D eigenvalue weighted by Gasteiger charge is -2.10. The molecule has 2 heterocycles. The fourth-order valence-corrected chi connectivity index (χ4v) is 4.40. The molecule has 0 aliphatic heterocycles. The van der Waals surface area contributed by atoms with Gasteiger partial charge in [0.25, 0.3) is 0 Å². The molecule has 0 radical (unpaired) electrons. The van der Waals surface area contributed by atoms with Gasteiger partial charge in [0.2, 0.25) is 9.47 Å². The Balaban J connectivity index is 1.97. The second-order valence-electron chi connectivity index (χ2n) is 6.09. The van der Waals surface area contributed by atoms with Gasteiger partial charge in [-0.25, -0.2) is 9.97 Å². The first-order chi connectivity index (χ1) is 13.2. The number of hydrogen-bond acceptors (Lipinski definition) is 3. The van der Waals surface area contributed by atoms with Crippen LogP contribution in [0.3, 0.4) is 0 Å². The third-order valence-electron chi connectivity index (χ3n) is 4.53. The van der Waals surface area contributed by atoms with Crippen molar-refractivity contribution in [1.29, 1.82) is 0 Å². The van der Waals surface area contributed by atoms with Crippen molar-refractivity contribution >= 4 is 53.7 Å². The molecule has 5 rings (SSSR count). The molecule has 0 atom stereocenters. The minimum absolute atomic E-state index is 0.499. The van der Waals surface area contributed by atoms with Gasteiger partial charge >= 0.3 is 0 Å². The number of rotatable bonds is 2. The van der Waals surface area contributed by atoms with Crippen molar-refractivity contribution in [3.05, 3.63) is 82.3 Å². The molecule has 0 saturated heterocycles. The van der Waals surface area contributed by atoms with Crippen LogP contribution in [0.5, 0.6) is 0 Å². The molecule has 5 aromatic rings. The first-order valence-corrected chi connectivity index (χ1v) is 9.96. The van der Waals surface area contributed by atoms with E-state index in [2.05, 4.69) is 112 Å². The van der Waals surface area contributed by atoms with Gasteiger partial charge in [-0.2, -0.15) is 4.98 Å². The van der Waals surface area contributed by atoms with Gasteiger partial charge in [0.05, 0.1) is 11.0 Å². The van der Waals surface area contributed by atoms with Gasteiger partial charge in [-0.1, -0.05) is 48.5 Å². The van der Waals surface area contributed by atoms with E-state index in [9.17, 15) is 0 Å². The maximum Gasteiger partial charge on any atom is 0.201 e. The number of para-hydroxylation sites is 3. The molecule has 0 aliphatic carbocycles.